The van der Waals surface area contributed by atoms with Crippen molar-refractivity contribution < 1.29 is 0 Å². The van der Waals surface area contributed by atoms with Gasteiger partial charge in [0.1, 0.15) is 0 Å². The first-order chi connectivity index (χ1) is 12.4. The Hall–Kier alpha value is -2.82. The topological polar surface area (TPSA) is 54.2 Å². The molecule has 0 bridgehead atoms. The highest BCUT2D eigenvalue weighted by Gasteiger charge is 2.01. The van der Waals surface area contributed by atoms with Gasteiger partial charge in [0.05, 0.1) is 0 Å². The van der Waals surface area contributed by atoms with Gasteiger partial charge in [-0.25, -0.2) is 0 Å². The molecule has 0 saturated carbocycles. The van der Waals surface area contributed by atoms with E-state index < -0.39 is 0 Å². The third-order valence-electron chi connectivity index (χ3n) is 4.17. The summed E-state index contributed by atoms with van der Waals surface area (Å²) in [5, 5.41) is 8.00. The average molecular weight is 335 g/mol. The number of aliphatic imine (C=N–C) groups is 1. The Morgan fingerprint density at radius 3 is 2.72 bits per heavy atom. The van der Waals surface area contributed by atoms with Crippen LogP contribution in [0.1, 0.15) is 12.1 Å². The van der Waals surface area contributed by atoms with Crippen molar-refractivity contribution in [3.63, 3.8) is 0 Å². The molecule has 0 spiro atoms. The number of rotatable bonds is 7. The SMILES string of the molecule is CN=C(NCCCn1ccc2ccccc21)NCCc1ccccn1. The number of pyridine rings is 1. The van der Waals surface area contributed by atoms with Gasteiger partial charge in [0.15, 0.2) is 5.96 Å². The van der Waals surface area contributed by atoms with Gasteiger partial charge in [-0.1, -0.05) is 24.3 Å². The van der Waals surface area contributed by atoms with Gasteiger partial charge in [-0.2, -0.15) is 0 Å². The number of hydrogen-bond acceptors (Lipinski definition) is 2. The fourth-order valence-electron chi connectivity index (χ4n) is 2.87. The van der Waals surface area contributed by atoms with Crippen LogP contribution in [0.25, 0.3) is 10.9 Å². The van der Waals surface area contributed by atoms with Gasteiger partial charge >= 0.3 is 0 Å². The van der Waals surface area contributed by atoms with Gasteiger partial charge < -0.3 is 15.2 Å². The summed E-state index contributed by atoms with van der Waals surface area (Å²) in [5.74, 6) is 0.841. The number of benzene rings is 1. The zero-order chi connectivity index (χ0) is 17.3. The molecule has 0 atom stereocenters. The van der Waals surface area contributed by atoms with Crippen LogP contribution in [-0.2, 0) is 13.0 Å². The molecular weight excluding hydrogens is 310 g/mol. The maximum absolute atomic E-state index is 4.33. The fourth-order valence-corrected chi connectivity index (χ4v) is 2.87. The molecule has 5 nitrogen and oxygen atoms in total. The number of nitrogens with zero attached hydrogens (tertiary/aromatic N) is 3. The van der Waals surface area contributed by atoms with Crippen molar-refractivity contribution in [3.8, 4) is 0 Å². The lowest BCUT2D eigenvalue weighted by molar-refractivity contribution is 0.640. The third-order valence-corrected chi connectivity index (χ3v) is 4.17. The maximum Gasteiger partial charge on any atom is 0.190 e. The number of nitrogens with one attached hydrogen (secondary N) is 2. The summed E-state index contributed by atoms with van der Waals surface area (Å²) in [6.07, 6.45) is 5.91. The van der Waals surface area contributed by atoms with Crippen molar-refractivity contribution in [1.29, 1.82) is 0 Å². The molecule has 25 heavy (non-hydrogen) atoms. The van der Waals surface area contributed by atoms with E-state index in [1.165, 1.54) is 10.9 Å². The Bertz CT molecular complexity index is 807. The summed E-state index contributed by atoms with van der Waals surface area (Å²) in [4.78, 5) is 8.60. The Kier molecular flexibility index (Phi) is 6.04. The molecule has 3 aromatic rings. The van der Waals surface area contributed by atoms with Crippen LogP contribution in [0.5, 0.6) is 0 Å². The van der Waals surface area contributed by atoms with Crippen molar-refractivity contribution >= 4 is 16.9 Å². The van der Waals surface area contributed by atoms with Crippen molar-refractivity contribution in [1.82, 2.24) is 20.2 Å². The minimum Gasteiger partial charge on any atom is -0.356 e. The second-order valence-electron chi connectivity index (χ2n) is 5.92. The predicted molar refractivity (Wildman–Crippen MR) is 104 cm³/mol. The van der Waals surface area contributed by atoms with Crippen molar-refractivity contribution in [3.05, 3.63) is 66.6 Å². The van der Waals surface area contributed by atoms with E-state index in [9.17, 15) is 0 Å². The first kappa shape index (κ1) is 17.0. The molecule has 1 aromatic carbocycles. The summed E-state index contributed by atoms with van der Waals surface area (Å²) in [6, 6.07) is 16.6. The molecular formula is C20H25N5. The van der Waals surface area contributed by atoms with Crippen LogP contribution in [0, 0.1) is 0 Å². The van der Waals surface area contributed by atoms with Gasteiger partial charge in [-0.15, -0.1) is 0 Å². The van der Waals surface area contributed by atoms with E-state index >= 15 is 0 Å². The minimum absolute atomic E-state index is 0.818. The van der Waals surface area contributed by atoms with E-state index in [2.05, 4.69) is 61.7 Å². The molecule has 0 aliphatic rings. The standard InChI is InChI=1S/C20H25N5/c1-21-20(24-14-10-18-8-4-5-12-22-18)23-13-6-15-25-16-11-17-7-2-3-9-19(17)25/h2-5,7-9,11-12,16H,6,10,13-15H2,1H3,(H2,21,23,24). The molecule has 2 aromatic heterocycles. The zero-order valence-corrected chi connectivity index (χ0v) is 14.7. The summed E-state index contributed by atoms with van der Waals surface area (Å²) >= 11 is 0. The molecule has 0 fully saturated rings. The van der Waals surface area contributed by atoms with E-state index in [0.717, 1.165) is 44.1 Å². The molecule has 0 aliphatic carbocycles. The van der Waals surface area contributed by atoms with Crippen LogP contribution in [-0.4, -0.2) is 35.6 Å². The average Bonchev–Trinajstić information content (AvgIpc) is 3.08. The predicted octanol–water partition coefficient (Wildman–Crippen LogP) is 2.83. The van der Waals surface area contributed by atoms with Crippen LogP contribution < -0.4 is 10.6 Å². The lowest BCUT2D eigenvalue weighted by Crippen LogP contribution is -2.39. The Labute approximate surface area is 148 Å². The molecule has 0 radical (unpaired) electrons. The van der Waals surface area contributed by atoms with Gasteiger partial charge in [0, 0.05) is 56.7 Å². The van der Waals surface area contributed by atoms with Crippen LogP contribution in [0.3, 0.4) is 0 Å². The molecule has 0 unspecified atom stereocenters. The lowest BCUT2D eigenvalue weighted by atomic mass is 10.2. The number of hydrogen-bond donors (Lipinski definition) is 2. The number of aryl methyl sites for hydroxylation is 1. The Balaban J connectivity index is 1.38. The third kappa shape index (κ3) is 4.83. The number of para-hydroxylation sites is 1. The molecule has 0 aliphatic heterocycles. The first-order valence-electron chi connectivity index (χ1n) is 8.75. The normalized spacial score (nSPS) is 11.6. The zero-order valence-electron chi connectivity index (χ0n) is 14.7. The van der Waals surface area contributed by atoms with E-state index in [1.807, 2.05) is 24.4 Å². The summed E-state index contributed by atoms with van der Waals surface area (Å²) in [7, 11) is 1.80. The first-order valence-corrected chi connectivity index (χ1v) is 8.75. The monoisotopic (exact) mass is 335 g/mol. The molecule has 2 N–H and O–H groups in total. The van der Waals surface area contributed by atoms with Crippen molar-refractivity contribution in [2.45, 2.75) is 19.4 Å². The molecule has 0 amide bonds. The number of fused-ring (bicyclic) bond motifs is 1. The smallest absolute Gasteiger partial charge is 0.190 e. The summed E-state index contributed by atoms with van der Waals surface area (Å²) in [6.45, 7) is 2.69. The van der Waals surface area contributed by atoms with Gasteiger partial charge in [0.2, 0.25) is 0 Å². The van der Waals surface area contributed by atoms with Crippen molar-refractivity contribution in [2.24, 2.45) is 4.99 Å². The van der Waals surface area contributed by atoms with E-state index in [1.54, 1.807) is 7.05 Å². The second-order valence-corrected chi connectivity index (χ2v) is 5.92. The van der Waals surface area contributed by atoms with Crippen LogP contribution in [0.15, 0.2) is 65.9 Å². The number of aromatic nitrogens is 2. The van der Waals surface area contributed by atoms with Crippen LogP contribution in [0.2, 0.25) is 0 Å². The van der Waals surface area contributed by atoms with E-state index in [-0.39, 0.29) is 0 Å². The minimum atomic E-state index is 0.818. The molecule has 0 saturated heterocycles. The van der Waals surface area contributed by atoms with Crippen LogP contribution in [0.4, 0.5) is 0 Å². The quantitative estimate of drug-likeness (QED) is 0.397. The molecule has 5 heteroatoms. The van der Waals surface area contributed by atoms with E-state index in [0.29, 0.717) is 0 Å². The highest BCUT2D eigenvalue weighted by molar-refractivity contribution is 5.80. The lowest BCUT2D eigenvalue weighted by Gasteiger charge is -2.12. The molecule has 2 heterocycles. The van der Waals surface area contributed by atoms with Crippen molar-refractivity contribution in [2.75, 3.05) is 20.1 Å². The second kappa shape index (κ2) is 8.87. The Morgan fingerprint density at radius 1 is 1.04 bits per heavy atom. The Morgan fingerprint density at radius 2 is 1.88 bits per heavy atom. The maximum atomic E-state index is 4.33. The van der Waals surface area contributed by atoms with Gasteiger partial charge in [-0.05, 0) is 36.1 Å². The molecule has 130 valence electrons. The van der Waals surface area contributed by atoms with Gasteiger partial charge in [0.25, 0.3) is 0 Å². The summed E-state index contributed by atoms with van der Waals surface area (Å²) < 4.78 is 2.30. The highest BCUT2D eigenvalue weighted by atomic mass is 15.2. The van der Waals surface area contributed by atoms with E-state index in [4.69, 9.17) is 0 Å². The summed E-state index contributed by atoms with van der Waals surface area (Å²) in [5.41, 5.74) is 2.38. The fraction of sp³-hybridized carbons (Fsp3) is 0.300. The van der Waals surface area contributed by atoms with Gasteiger partial charge in [-0.3, -0.25) is 9.98 Å². The highest BCUT2D eigenvalue weighted by Crippen LogP contribution is 2.15. The number of guanidine groups is 1. The largest absolute Gasteiger partial charge is 0.356 e. The molecule has 3 rings (SSSR count). The van der Waals surface area contributed by atoms with Crippen LogP contribution >= 0.6 is 0 Å².